The van der Waals surface area contributed by atoms with Gasteiger partial charge in [0.2, 0.25) is 0 Å². The molecule has 0 saturated heterocycles. The zero-order valence-corrected chi connectivity index (χ0v) is 37.8. The zero-order valence-electron chi connectivity index (χ0n) is 36.0. The first-order valence-corrected chi connectivity index (χ1v) is 22.5. The molecule has 0 spiro atoms. The summed E-state index contributed by atoms with van der Waals surface area (Å²) in [5.41, 5.74) is 13.0. The van der Waals surface area contributed by atoms with E-state index in [1.54, 1.807) is 0 Å². The van der Waals surface area contributed by atoms with Gasteiger partial charge in [0.15, 0.2) is 0 Å². The highest BCUT2D eigenvalue weighted by Crippen LogP contribution is 2.52. The predicted octanol–water partition coefficient (Wildman–Crippen LogP) is 16.2. The number of benzene rings is 6. The maximum atomic E-state index is 7.19. The van der Waals surface area contributed by atoms with Crippen LogP contribution in [0, 0.1) is 41.5 Å². The van der Waals surface area contributed by atoms with Crippen molar-refractivity contribution in [3.63, 3.8) is 0 Å². The Bertz CT molecular complexity index is 2530. The van der Waals surface area contributed by atoms with Crippen LogP contribution in [-0.2, 0) is 17.0 Å². The molecule has 0 radical (unpaired) electrons. The molecule has 300 valence electrons. The molecule has 1 atom stereocenters. The molecule has 1 heterocycles. The van der Waals surface area contributed by atoms with Gasteiger partial charge in [0, 0.05) is 33.0 Å². The Kier molecular flexibility index (Phi) is 11.6. The maximum absolute atomic E-state index is 7.19. The van der Waals surface area contributed by atoms with E-state index in [0.29, 0.717) is 11.9 Å². The predicted molar refractivity (Wildman–Crippen MR) is 245 cm³/mol. The van der Waals surface area contributed by atoms with Crippen molar-refractivity contribution in [3.8, 4) is 28.4 Å². The van der Waals surface area contributed by atoms with Gasteiger partial charge in [-0.15, -0.1) is 0 Å². The second-order valence-electron chi connectivity index (χ2n) is 17.8. The average molecular weight is 811 g/mol. The van der Waals surface area contributed by atoms with E-state index < -0.39 is 16.6 Å². The highest BCUT2D eigenvalue weighted by atomic mass is 31.2. The number of aryl methyl sites for hydroxylation is 6. The molecule has 0 aliphatic carbocycles. The summed E-state index contributed by atoms with van der Waals surface area (Å²) in [6, 6.07) is 37.9. The highest BCUT2D eigenvalue weighted by molar-refractivity contribution is 7.47. The van der Waals surface area contributed by atoms with Crippen LogP contribution >= 0.6 is 16.6 Å². The Balaban J connectivity index is 1.45. The first-order chi connectivity index (χ1) is 27.4. The third-order valence-corrected chi connectivity index (χ3v) is 12.7. The topological polar surface area (TPSA) is 54.0 Å². The van der Waals surface area contributed by atoms with Crippen molar-refractivity contribution in [2.75, 3.05) is 0 Å². The molecule has 0 amide bonds. The van der Waals surface area contributed by atoms with E-state index in [4.69, 9.17) is 22.0 Å². The molecule has 0 fully saturated rings. The van der Waals surface area contributed by atoms with E-state index in [-0.39, 0.29) is 10.8 Å². The molecule has 7 aromatic rings. The molecule has 0 N–H and O–H groups in total. The lowest BCUT2D eigenvalue weighted by atomic mass is 9.83. The van der Waals surface area contributed by atoms with Gasteiger partial charge in [-0.05, 0) is 128 Å². The number of hydrogen-bond donors (Lipinski definition) is 0. The second kappa shape index (κ2) is 16.4. The summed E-state index contributed by atoms with van der Waals surface area (Å²) in [6.07, 6.45) is 0.616. The monoisotopic (exact) mass is 810 g/mol. The smallest absolute Gasteiger partial charge is 0.438 e. The normalized spacial score (nSPS) is 12.5. The quantitative estimate of drug-likeness (QED) is 0.136. The van der Waals surface area contributed by atoms with E-state index in [1.807, 2.05) is 36.4 Å². The number of rotatable bonds is 9. The van der Waals surface area contributed by atoms with E-state index in [1.165, 1.54) is 11.1 Å². The molecule has 0 aliphatic heterocycles. The van der Waals surface area contributed by atoms with E-state index in [2.05, 4.69) is 156 Å². The first-order valence-electron chi connectivity index (χ1n) is 20.0. The minimum Gasteiger partial charge on any atom is -0.438 e. The van der Waals surface area contributed by atoms with Crippen LogP contribution in [0.1, 0.15) is 91.6 Å². The molecule has 7 rings (SSSR count). The Morgan fingerprint density at radius 1 is 0.517 bits per heavy atom. The summed E-state index contributed by atoms with van der Waals surface area (Å²) in [5, 5.41) is 2.05. The summed E-state index contributed by atoms with van der Waals surface area (Å²) in [7, 11) is -3.44. The third kappa shape index (κ3) is 9.02. The molecular formula is C51H56O5P2. The fourth-order valence-corrected chi connectivity index (χ4v) is 10.3. The standard InChI is InChI=1S/C51H56O5P2/c1-32-23-36(5)46(53-57(31-38-19-15-13-16-20-38)52-39-21-17-14-18-22-39)40(25-32)41-26-33(2)24-37(6)47(41)54-58-55-48-42(27-34(3)29-44(48)50(7,8)9)43-28-35(4)30-45(49(43)56-58)51(10,11)12/h13-30H,31H2,1-12H3. The molecule has 0 aliphatic rings. The van der Waals surface area contributed by atoms with Gasteiger partial charge in [0.25, 0.3) is 8.38 Å². The molecule has 1 aromatic heterocycles. The van der Waals surface area contributed by atoms with Crippen LogP contribution in [0.15, 0.2) is 118 Å². The van der Waals surface area contributed by atoms with Crippen molar-refractivity contribution in [2.45, 2.75) is 100 Å². The van der Waals surface area contributed by atoms with E-state index in [9.17, 15) is 0 Å². The average Bonchev–Trinajstić information content (AvgIpc) is 3.29. The van der Waals surface area contributed by atoms with Crippen LogP contribution in [0.5, 0.6) is 17.2 Å². The first kappa shape index (κ1) is 41.2. The molecule has 0 saturated carbocycles. The molecule has 0 bridgehead atoms. The summed E-state index contributed by atoms with van der Waals surface area (Å²) < 4.78 is 35.1. The van der Waals surface area contributed by atoms with Crippen LogP contribution in [0.25, 0.3) is 33.1 Å². The molecular weight excluding hydrogens is 755 g/mol. The van der Waals surface area contributed by atoms with E-state index >= 15 is 0 Å². The van der Waals surface area contributed by atoms with Gasteiger partial charge in [-0.3, -0.25) is 0 Å². The fraction of sp³-hybridized carbons (Fsp3) is 0.294. The van der Waals surface area contributed by atoms with Gasteiger partial charge in [-0.1, -0.05) is 114 Å². The van der Waals surface area contributed by atoms with Crippen molar-refractivity contribution in [1.29, 1.82) is 0 Å². The second-order valence-corrected chi connectivity index (χ2v) is 20.1. The summed E-state index contributed by atoms with van der Waals surface area (Å²) >= 11 is 0. The van der Waals surface area contributed by atoms with Gasteiger partial charge in [0.1, 0.15) is 28.4 Å². The fourth-order valence-electron chi connectivity index (χ4n) is 7.60. The largest absolute Gasteiger partial charge is 0.453 e. The Labute approximate surface area is 346 Å². The van der Waals surface area contributed by atoms with Crippen molar-refractivity contribution >= 4 is 38.6 Å². The summed E-state index contributed by atoms with van der Waals surface area (Å²) in [6.45, 7) is 26.2. The Hall–Kier alpha value is -4.95. The Morgan fingerprint density at radius 2 is 0.966 bits per heavy atom. The summed E-state index contributed by atoms with van der Waals surface area (Å²) in [5.74, 6) is 2.23. The van der Waals surface area contributed by atoms with Gasteiger partial charge in [0.05, 0.1) is 6.16 Å². The summed E-state index contributed by atoms with van der Waals surface area (Å²) in [4.78, 5) is 0. The van der Waals surface area contributed by atoms with Crippen LogP contribution in [0.2, 0.25) is 0 Å². The van der Waals surface area contributed by atoms with Crippen LogP contribution in [0.3, 0.4) is 0 Å². The van der Waals surface area contributed by atoms with Gasteiger partial charge >= 0.3 is 8.24 Å². The van der Waals surface area contributed by atoms with Gasteiger partial charge in [-0.2, -0.15) is 0 Å². The molecule has 58 heavy (non-hydrogen) atoms. The van der Waals surface area contributed by atoms with Gasteiger partial charge in [-0.25, -0.2) is 0 Å². The third-order valence-electron chi connectivity index (χ3n) is 10.3. The lowest BCUT2D eigenvalue weighted by molar-refractivity contribution is 0.483. The number of fused-ring (bicyclic) bond motifs is 3. The van der Waals surface area contributed by atoms with E-state index in [0.717, 1.165) is 83.5 Å². The minimum absolute atomic E-state index is 0.200. The lowest BCUT2D eigenvalue weighted by Gasteiger charge is -2.24. The van der Waals surface area contributed by atoms with Crippen LogP contribution < -0.4 is 13.6 Å². The number of para-hydroxylation sites is 1. The zero-order chi connectivity index (χ0) is 41.5. The highest BCUT2D eigenvalue weighted by Gasteiger charge is 2.27. The molecule has 6 aromatic carbocycles. The minimum atomic E-state index is -2.00. The molecule has 5 nitrogen and oxygen atoms in total. The Morgan fingerprint density at radius 3 is 1.47 bits per heavy atom. The number of hydrogen-bond acceptors (Lipinski definition) is 5. The maximum Gasteiger partial charge on any atom is 0.453 e. The SMILES string of the molecule is Cc1cc(C)c(OP(Cc2ccccc2)Oc2ccccc2)c(-c2cc(C)cc(C)c2Op2oc3c(C(C)(C)C)cc(C)cc3c3cc(C)cc(C(C)(C)C)c3o2)c1. The lowest BCUT2D eigenvalue weighted by Crippen LogP contribution is -2.12. The molecule has 1 unspecified atom stereocenters. The van der Waals surface area contributed by atoms with Crippen molar-refractivity contribution in [2.24, 2.45) is 0 Å². The van der Waals surface area contributed by atoms with Crippen LogP contribution in [-0.4, -0.2) is 0 Å². The van der Waals surface area contributed by atoms with Crippen molar-refractivity contribution in [1.82, 2.24) is 0 Å². The van der Waals surface area contributed by atoms with Crippen molar-refractivity contribution in [3.05, 3.63) is 159 Å². The van der Waals surface area contributed by atoms with Crippen LogP contribution in [0.4, 0.5) is 0 Å². The molecule has 7 heteroatoms. The van der Waals surface area contributed by atoms with Gasteiger partial charge < -0.3 is 22.0 Å². The van der Waals surface area contributed by atoms with Crippen molar-refractivity contribution < 1.29 is 22.0 Å².